The summed E-state index contributed by atoms with van der Waals surface area (Å²) in [5, 5.41) is 22.4. The molecule has 0 spiro atoms. The molecule has 0 aliphatic carbocycles. The van der Waals surface area contributed by atoms with Crippen LogP contribution >= 0.6 is 0 Å². The van der Waals surface area contributed by atoms with E-state index in [1.165, 1.54) is 4.90 Å². The van der Waals surface area contributed by atoms with Crippen molar-refractivity contribution < 1.29 is 39.0 Å². The highest BCUT2D eigenvalue weighted by Gasteiger charge is 2.39. The molecule has 0 radical (unpaired) electrons. The van der Waals surface area contributed by atoms with E-state index in [-0.39, 0.29) is 68.2 Å². The Morgan fingerprint density at radius 1 is 0.969 bits per heavy atom. The molecule has 1 aliphatic rings. The molecule has 11 heteroatoms. The number of hydrogen-bond donors (Lipinski definition) is 4. The summed E-state index contributed by atoms with van der Waals surface area (Å²) in [6.07, 6.45) is 1.89. The number of carbonyl (C=O) groups is 6. The van der Waals surface area contributed by atoms with Crippen LogP contribution in [0.3, 0.4) is 0 Å². The highest BCUT2D eigenvalue weighted by Crippen LogP contribution is 2.26. The molecule has 1 fully saturated rings. The number of nitrogens with one attached hydrogen (secondary N) is 2. The maximum absolute atomic E-state index is 12.2. The lowest BCUT2D eigenvalue weighted by Crippen LogP contribution is -2.48. The van der Waals surface area contributed by atoms with Crippen molar-refractivity contribution in [2.24, 2.45) is 11.8 Å². The van der Waals surface area contributed by atoms with Crippen LogP contribution in [0.2, 0.25) is 0 Å². The molecule has 4 amide bonds. The number of likely N-dealkylation sites (tertiary alicyclic amines) is 1. The van der Waals surface area contributed by atoms with E-state index in [0.717, 1.165) is 0 Å². The van der Waals surface area contributed by atoms with Gasteiger partial charge in [0.15, 0.2) is 0 Å². The van der Waals surface area contributed by atoms with Crippen LogP contribution in [0.4, 0.5) is 0 Å². The zero-order chi connectivity index (χ0) is 24.3. The van der Waals surface area contributed by atoms with Gasteiger partial charge in [0.05, 0.1) is 0 Å². The van der Waals surface area contributed by atoms with Crippen LogP contribution in [-0.2, 0) is 28.8 Å². The molecule has 180 valence electrons. The number of carboxylic acid groups (broad SMARTS) is 2. The molecule has 0 saturated carbocycles. The number of amides is 4. The Bertz CT molecular complexity index is 722. The van der Waals surface area contributed by atoms with E-state index in [9.17, 15) is 33.9 Å². The van der Waals surface area contributed by atoms with E-state index in [1.54, 1.807) is 0 Å². The fraction of sp³-hybridized carbons (Fsp3) is 0.714. The molecule has 0 aromatic rings. The average molecular weight is 456 g/mol. The van der Waals surface area contributed by atoms with Gasteiger partial charge in [0.1, 0.15) is 6.04 Å². The summed E-state index contributed by atoms with van der Waals surface area (Å²) in [7, 11) is 0. The van der Waals surface area contributed by atoms with Crippen molar-refractivity contribution in [3.05, 3.63) is 0 Å². The van der Waals surface area contributed by atoms with Crippen LogP contribution in [0.25, 0.3) is 0 Å². The lowest BCUT2D eigenvalue weighted by atomic mass is 9.94. The maximum Gasteiger partial charge on any atom is 0.328 e. The van der Waals surface area contributed by atoms with Gasteiger partial charge >= 0.3 is 11.9 Å². The Morgan fingerprint density at radius 2 is 1.62 bits per heavy atom. The minimum atomic E-state index is -1.31. The number of carboxylic acids is 2. The molecule has 0 bridgehead atoms. The number of nitrogens with zero attached hydrogens (tertiary/aromatic N) is 1. The SMILES string of the molecule is CC(C)C1CC(=O)N(CCCCCC(=O)NCC(NC(=O)CCCC(=O)O)C(=O)O)C1=O. The third-order valence-corrected chi connectivity index (χ3v) is 5.30. The highest BCUT2D eigenvalue weighted by molar-refractivity contribution is 6.03. The lowest BCUT2D eigenvalue weighted by molar-refractivity contribution is -0.142. The first-order chi connectivity index (χ1) is 15.0. The van der Waals surface area contributed by atoms with Crippen molar-refractivity contribution in [2.75, 3.05) is 13.1 Å². The Balaban J connectivity index is 2.25. The van der Waals surface area contributed by atoms with E-state index in [1.807, 2.05) is 13.8 Å². The fourth-order valence-corrected chi connectivity index (χ4v) is 3.37. The first-order valence-electron chi connectivity index (χ1n) is 10.9. The van der Waals surface area contributed by atoms with Gasteiger partial charge in [-0.2, -0.15) is 0 Å². The second kappa shape index (κ2) is 13.4. The Hall–Kier alpha value is -2.98. The van der Waals surface area contributed by atoms with Crippen LogP contribution in [0.5, 0.6) is 0 Å². The van der Waals surface area contributed by atoms with E-state index >= 15 is 0 Å². The monoisotopic (exact) mass is 455 g/mol. The van der Waals surface area contributed by atoms with Crippen LogP contribution < -0.4 is 10.6 Å². The van der Waals surface area contributed by atoms with Gasteiger partial charge in [-0.05, 0) is 25.2 Å². The number of unbranched alkanes of at least 4 members (excludes halogenated alkanes) is 2. The van der Waals surface area contributed by atoms with Gasteiger partial charge in [-0.3, -0.25) is 28.9 Å². The topological polar surface area (TPSA) is 170 Å². The summed E-state index contributed by atoms with van der Waals surface area (Å²) < 4.78 is 0. The summed E-state index contributed by atoms with van der Waals surface area (Å²) in [5.41, 5.74) is 0. The van der Waals surface area contributed by atoms with Gasteiger partial charge in [0.2, 0.25) is 23.6 Å². The molecule has 2 unspecified atom stereocenters. The van der Waals surface area contributed by atoms with E-state index in [4.69, 9.17) is 5.11 Å². The van der Waals surface area contributed by atoms with Crippen molar-refractivity contribution in [3.63, 3.8) is 0 Å². The predicted molar refractivity (Wildman–Crippen MR) is 112 cm³/mol. The van der Waals surface area contributed by atoms with Crippen molar-refractivity contribution >= 4 is 35.6 Å². The molecule has 1 aliphatic heterocycles. The molecular weight excluding hydrogens is 422 g/mol. The number of imide groups is 1. The third kappa shape index (κ3) is 9.44. The molecule has 1 rings (SSSR count). The Morgan fingerprint density at radius 3 is 2.19 bits per heavy atom. The van der Waals surface area contributed by atoms with E-state index in [2.05, 4.69) is 10.6 Å². The predicted octanol–water partition coefficient (Wildman–Crippen LogP) is 0.518. The number of carbonyl (C=O) groups excluding carboxylic acids is 4. The quantitative estimate of drug-likeness (QED) is 0.204. The molecule has 11 nitrogen and oxygen atoms in total. The van der Waals surface area contributed by atoms with Crippen LogP contribution in [0, 0.1) is 11.8 Å². The maximum atomic E-state index is 12.2. The zero-order valence-corrected chi connectivity index (χ0v) is 18.6. The smallest absolute Gasteiger partial charge is 0.328 e. The summed E-state index contributed by atoms with van der Waals surface area (Å²) in [6, 6.07) is -1.31. The second-order valence-corrected chi connectivity index (χ2v) is 8.26. The number of rotatable bonds is 15. The Kier molecular flexibility index (Phi) is 11.4. The first-order valence-corrected chi connectivity index (χ1v) is 10.9. The highest BCUT2D eigenvalue weighted by atomic mass is 16.4. The van der Waals surface area contributed by atoms with Crippen molar-refractivity contribution in [1.29, 1.82) is 0 Å². The van der Waals surface area contributed by atoms with Crippen LogP contribution in [0.1, 0.15) is 65.2 Å². The lowest BCUT2D eigenvalue weighted by Gasteiger charge is -2.16. The van der Waals surface area contributed by atoms with Gasteiger partial charge in [-0.1, -0.05) is 20.3 Å². The summed E-state index contributed by atoms with van der Waals surface area (Å²) >= 11 is 0. The van der Waals surface area contributed by atoms with Crippen LogP contribution in [-0.4, -0.2) is 69.8 Å². The molecule has 0 aromatic heterocycles. The molecule has 4 N–H and O–H groups in total. The summed E-state index contributed by atoms with van der Waals surface area (Å²) in [5.74, 6) is -3.75. The van der Waals surface area contributed by atoms with Crippen molar-refractivity contribution in [3.8, 4) is 0 Å². The standard InChI is InChI=1S/C21H33N3O8/c1-13(2)14-11-18(27)24(20(14)30)10-5-3-4-7-16(25)22-12-15(21(31)32)23-17(26)8-6-9-19(28)29/h13-15H,3-12H2,1-2H3,(H,22,25)(H,23,26)(H,28,29)(H,31,32). The van der Waals surface area contributed by atoms with E-state index in [0.29, 0.717) is 25.8 Å². The normalized spacial score (nSPS) is 16.8. The molecule has 1 saturated heterocycles. The van der Waals surface area contributed by atoms with Crippen molar-refractivity contribution in [1.82, 2.24) is 15.5 Å². The number of aliphatic carboxylic acids is 2. The van der Waals surface area contributed by atoms with Gasteiger partial charge in [0, 0.05) is 44.7 Å². The summed E-state index contributed by atoms with van der Waals surface area (Å²) in [6.45, 7) is 3.87. The molecule has 2 atom stereocenters. The molecular formula is C21H33N3O8. The first kappa shape index (κ1) is 27.1. The number of hydrogen-bond acceptors (Lipinski definition) is 6. The fourth-order valence-electron chi connectivity index (χ4n) is 3.37. The second-order valence-electron chi connectivity index (χ2n) is 8.26. The van der Waals surface area contributed by atoms with Gasteiger partial charge in [-0.15, -0.1) is 0 Å². The Labute approximate surface area is 186 Å². The zero-order valence-electron chi connectivity index (χ0n) is 18.6. The van der Waals surface area contributed by atoms with E-state index < -0.39 is 23.9 Å². The average Bonchev–Trinajstić information content (AvgIpc) is 2.98. The minimum absolute atomic E-state index is 0.0899. The molecule has 32 heavy (non-hydrogen) atoms. The van der Waals surface area contributed by atoms with Crippen LogP contribution in [0.15, 0.2) is 0 Å². The summed E-state index contributed by atoms with van der Waals surface area (Å²) in [4.78, 5) is 70.9. The molecule has 0 aromatic carbocycles. The van der Waals surface area contributed by atoms with Crippen molar-refractivity contribution in [2.45, 2.75) is 71.3 Å². The van der Waals surface area contributed by atoms with Gasteiger partial charge in [0.25, 0.3) is 0 Å². The largest absolute Gasteiger partial charge is 0.481 e. The van der Waals surface area contributed by atoms with Gasteiger partial charge < -0.3 is 20.8 Å². The minimum Gasteiger partial charge on any atom is -0.481 e. The third-order valence-electron chi connectivity index (χ3n) is 5.30. The van der Waals surface area contributed by atoms with Gasteiger partial charge in [-0.25, -0.2) is 4.79 Å². The molecule has 1 heterocycles.